The van der Waals surface area contributed by atoms with Gasteiger partial charge in [0.05, 0.1) is 12.2 Å². The van der Waals surface area contributed by atoms with Crippen LogP contribution in [0, 0.1) is 19.8 Å². The summed E-state index contributed by atoms with van der Waals surface area (Å²) in [6.07, 6.45) is 2.61. The Hall–Kier alpha value is -1.93. The van der Waals surface area contributed by atoms with Gasteiger partial charge in [-0.25, -0.2) is 12.7 Å². The first kappa shape index (κ1) is 19.8. The number of sulfonamides is 1. The average molecular weight is 394 g/mol. The second-order valence-electron chi connectivity index (χ2n) is 7.57. The zero-order valence-corrected chi connectivity index (χ0v) is 16.9. The third kappa shape index (κ3) is 4.32. The molecule has 0 saturated carbocycles. The van der Waals surface area contributed by atoms with E-state index in [0.29, 0.717) is 32.5 Å². The summed E-state index contributed by atoms with van der Waals surface area (Å²) < 4.78 is 24.6. The van der Waals surface area contributed by atoms with Crippen molar-refractivity contribution in [2.24, 2.45) is 5.92 Å². The van der Waals surface area contributed by atoms with Gasteiger partial charge in [-0.15, -0.1) is 0 Å². The highest BCUT2D eigenvalue weighted by Gasteiger charge is 2.37. The maximum absolute atomic E-state index is 12.6. The Bertz CT molecular complexity index is 845. The van der Waals surface area contributed by atoms with Crippen LogP contribution in [0.3, 0.4) is 0 Å². The van der Waals surface area contributed by atoms with Crippen LogP contribution in [0.1, 0.15) is 30.4 Å². The molecule has 0 bridgehead atoms. The Morgan fingerprint density at radius 2 is 1.85 bits per heavy atom. The smallest absolute Gasteiger partial charge is 0.227 e. The summed E-state index contributed by atoms with van der Waals surface area (Å²) in [6, 6.07) is 5.81. The number of nitrogens with one attached hydrogen (secondary N) is 1. The molecule has 1 aromatic rings. The Balaban J connectivity index is 1.59. The molecule has 2 fully saturated rings. The molecule has 3 rings (SSSR count). The first-order valence-electron chi connectivity index (χ1n) is 9.29. The van der Waals surface area contributed by atoms with Crippen molar-refractivity contribution in [3.8, 4) is 0 Å². The van der Waals surface area contributed by atoms with Gasteiger partial charge in [-0.2, -0.15) is 0 Å². The van der Waals surface area contributed by atoms with E-state index in [9.17, 15) is 18.0 Å². The minimum absolute atomic E-state index is 0.0317. The molecule has 2 heterocycles. The molecule has 0 unspecified atom stereocenters. The van der Waals surface area contributed by atoms with Crippen molar-refractivity contribution in [1.82, 2.24) is 9.62 Å². The van der Waals surface area contributed by atoms with E-state index in [0.717, 1.165) is 16.8 Å². The van der Waals surface area contributed by atoms with Crippen molar-refractivity contribution in [3.63, 3.8) is 0 Å². The number of benzene rings is 1. The zero-order valence-electron chi connectivity index (χ0n) is 16.1. The largest absolute Gasteiger partial charge is 0.353 e. The van der Waals surface area contributed by atoms with E-state index in [2.05, 4.69) is 5.32 Å². The summed E-state index contributed by atoms with van der Waals surface area (Å²) in [5.41, 5.74) is 3.04. The SMILES string of the molecule is Cc1cccc(N2C[C@H](C(=O)NC3CCN(S(C)(=O)=O)CC3)CC2=O)c1C. The predicted octanol–water partition coefficient (Wildman–Crippen LogP) is 1.20. The summed E-state index contributed by atoms with van der Waals surface area (Å²) in [4.78, 5) is 26.8. The highest BCUT2D eigenvalue weighted by atomic mass is 32.2. The summed E-state index contributed by atoms with van der Waals surface area (Å²) in [5, 5.41) is 3.01. The van der Waals surface area contributed by atoms with Crippen LogP contribution < -0.4 is 10.2 Å². The van der Waals surface area contributed by atoms with Crippen molar-refractivity contribution in [2.75, 3.05) is 30.8 Å². The third-order valence-corrected chi connectivity index (χ3v) is 6.94. The topological polar surface area (TPSA) is 86.8 Å². The lowest BCUT2D eigenvalue weighted by Gasteiger charge is -2.31. The van der Waals surface area contributed by atoms with E-state index in [-0.39, 0.29) is 30.2 Å². The molecular formula is C19H27N3O4S. The van der Waals surface area contributed by atoms with E-state index in [1.807, 2.05) is 32.0 Å². The van der Waals surface area contributed by atoms with E-state index in [4.69, 9.17) is 0 Å². The van der Waals surface area contributed by atoms with Gasteiger partial charge in [-0.05, 0) is 43.9 Å². The Morgan fingerprint density at radius 3 is 2.48 bits per heavy atom. The standard InChI is InChI=1S/C19H27N3O4S/c1-13-5-4-6-17(14(13)2)22-12-15(11-18(22)23)19(24)20-16-7-9-21(10-8-16)27(3,25)26/h4-6,15-16H,7-12H2,1-3H3,(H,20,24)/t15-/m1/s1. The molecule has 2 saturated heterocycles. The van der Waals surface area contributed by atoms with Gasteiger partial charge in [0.25, 0.3) is 0 Å². The van der Waals surface area contributed by atoms with Gasteiger partial charge in [0, 0.05) is 37.8 Å². The number of anilines is 1. The molecular weight excluding hydrogens is 366 g/mol. The Labute approximate surface area is 160 Å². The minimum atomic E-state index is -3.18. The molecule has 7 nitrogen and oxygen atoms in total. The molecule has 1 atom stereocenters. The molecule has 0 spiro atoms. The number of hydrogen-bond acceptors (Lipinski definition) is 4. The van der Waals surface area contributed by atoms with Gasteiger partial charge < -0.3 is 10.2 Å². The minimum Gasteiger partial charge on any atom is -0.353 e. The van der Waals surface area contributed by atoms with Crippen molar-refractivity contribution in [2.45, 2.75) is 39.2 Å². The quantitative estimate of drug-likeness (QED) is 0.833. The Morgan fingerprint density at radius 1 is 1.19 bits per heavy atom. The second kappa shape index (κ2) is 7.59. The van der Waals surface area contributed by atoms with E-state index in [1.165, 1.54) is 10.6 Å². The predicted molar refractivity (Wildman–Crippen MR) is 104 cm³/mol. The fourth-order valence-electron chi connectivity index (χ4n) is 3.79. The van der Waals surface area contributed by atoms with E-state index < -0.39 is 10.0 Å². The lowest BCUT2D eigenvalue weighted by molar-refractivity contribution is -0.127. The first-order valence-corrected chi connectivity index (χ1v) is 11.1. The van der Waals surface area contributed by atoms with E-state index in [1.54, 1.807) is 4.90 Å². The number of nitrogens with zero attached hydrogens (tertiary/aromatic N) is 2. The lowest BCUT2D eigenvalue weighted by Crippen LogP contribution is -2.47. The van der Waals surface area contributed by atoms with Crippen LogP contribution in [0.25, 0.3) is 0 Å². The van der Waals surface area contributed by atoms with Gasteiger partial charge >= 0.3 is 0 Å². The fourth-order valence-corrected chi connectivity index (χ4v) is 4.67. The highest BCUT2D eigenvalue weighted by Crippen LogP contribution is 2.29. The maximum Gasteiger partial charge on any atom is 0.227 e. The van der Waals surface area contributed by atoms with Crippen molar-refractivity contribution >= 4 is 27.5 Å². The monoisotopic (exact) mass is 393 g/mol. The zero-order chi connectivity index (χ0) is 19.8. The second-order valence-corrected chi connectivity index (χ2v) is 9.55. The fraction of sp³-hybridized carbons (Fsp3) is 0.579. The summed E-state index contributed by atoms with van der Waals surface area (Å²) in [5.74, 6) is -0.518. The molecule has 148 valence electrons. The molecule has 2 aliphatic rings. The summed E-state index contributed by atoms with van der Waals surface area (Å²) in [6.45, 7) is 5.22. The highest BCUT2D eigenvalue weighted by molar-refractivity contribution is 7.88. The molecule has 0 aromatic heterocycles. The van der Waals surface area contributed by atoms with Gasteiger partial charge in [0.2, 0.25) is 21.8 Å². The molecule has 2 aliphatic heterocycles. The Kier molecular flexibility index (Phi) is 5.58. The van der Waals surface area contributed by atoms with Gasteiger partial charge in [0.1, 0.15) is 0 Å². The number of piperidine rings is 1. The molecule has 0 radical (unpaired) electrons. The molecule has 0 aliphatic carbocycles. The van der Waals surface area contributed by atoms with Crippen molar-refractivity contribution < 1.29 is 18.0 Å². The number of amides is 2. The molecule has 1 N–H and O–H groups in total. The van der Waals surface area contributed by atoms with Crippen LogP contribution in [-0.2, 0) is 19.6 Å². The van der Waals surface area contributed by atoms with Crippen LogP contribution in [0.15, 0.2) is 18.2 Å². The van der Waals surface area contributed by atoms with E-state index >= 15 is 0 Å². The number of carbonyl (C=O) groups is 2. The van der Waals surface area contributed by atoms with Crippen molar-refractivity contribution in [3.05, 3.63) is 29.3 Å². The molecule has 27 heavy (non-hydrogen) atoms. The number of aryl methyl sites for hydroxylation is 1. The van der Waals surface area contributed by atoms with Crippen LogP contribution in [-0.4, -0.2) is 56.5 Å². The molecule has 2 amide bonds. The van der Waals surface area contributed by atoms with Crippen LogP contribution >= 0.6 is 0 Å². The molecule has 1 aromatic carbocycles. The number of rotatable bonds is 4. The summed E-state index contributed by atoms with van der Waals surface area (Å²) in [7, 11) is -3.18. The summed E-state index contributed by atoms with van der Waals surface area (Å²) >= 11 is 0. The maximum atomic E-state index is 12.6. The number of hydrogen-bond donors (Lipinski definition) is 1. The first-order chi connectivity index (χ1) is 12.7. The lowest BCUT2D eigenvalue weighted by atomic mass is 10.0. The van der Waals surface area contributed by atoms with Gasteiger partial charge in [-0.1, -0.05) is 12.1 Å². The van der Waals surface area contributed by atoms with Crippen LogP contribution in [0.2, 0.25) is 0 Å². The average Bonchev–Trinajstić information content (AvgIpc) is 2.99. The third-order valence-electron chi connectivity index (χ3n) is 5.63. The van der Waals surface area contributed by atoms with Gasteiger partial charge in [0.15, 0.2) is 0 Å². The molecule has 8 heteroatoms. The van der Waals surface area contributed by atoms with Crippen LogP contribution in [0.5, 0.6) is 0 Å². The number of carbonyl (C=O) groups excluding carboxylic acids is 2. The normalized spacial score (nSPS) is 22.3. The van der Waals surface area contributed by atoms with Crippen LogP contribution in [0.4, 0.5) is 5.69 Å². The van der Waals surface area contributed by atoms with Crippen molar-refractivity contribution in [1.29, 1.82) is 0 Å². The van der Waals surface area contributed by atoms with Gasteiger partial charge in [-0.3, -0.25) is 9.59 Å².